The Morgan fingerprint density at radius 2 is 1.72 bits per heavy atom. The molecule has 0 aromatic rings. The van der Waals surface area contributed by atoms with Crippen LogP contribution in [0.5, 0.6) is 0 Å². The van der Waals surface area contributed by atoms with E-state index in [4.69, 9.17) is 0 Å². The van der Waals surface area contributed by atoms with Gasteiger partial charge in [-0.2, -0.15) is 13.2 Å². The van der Waals surface area contributed by atoms with Crippen LogP contribution in [0.15, 0.2) is 0 Å². The average Bonchev–Trinajstić information content (AvgIpc) is 2.06. The molecule has 110 valence electrons. The van der Waals surface area contributed by atoms with Gasteiger partial charge in [0.25, 0.3) is 0 Å². The summed E-state index contributed by atoms with van der Waals surface area (Å²) in [6.07, 6.45) is -4.42. The molecule has 0 heterocycles. The van der Waals surface area contributed by atoms with Crippen molar-refractivity contribution in [2.24, 2.45) is 0 Å². The first-order chi connectivity index (χ1) is 7.73. The summed E-state index contributed by atoms with van der Waals surface area (Å²) in [5.74, 6) is -0.606. The van der Waals surface area contributed by atoms with Gasteiger partial charge in [0, 0.05) is 17.6 Å². The van der Waals surface area contributed by atoms with Crippen LogP contribution in [0.1, 0.15) is 27.2 Å². The lowest BCUT2D eigenvalue weighted by Gasteiger charge is -2.28. The Balaban J connectivity index is 4.73. The fourth-order valence-electron chi connectivity index (χ4n) is 0.927. The van der Waals surface area contributed by atoms with Crippen LogP contribution in [0.4, 0.5) is 13.2 Å². The maximum Gasteiger partial charge on any atom is 0.408 e. The van der Waals surface area contributed by atoms with Gasteiger partial charge in [-0.15, -0.1) is 4.72 Å². The molecular weight excluding hydrogens is 291 g/mol. The summed E-state index contributed by atoms with van der Waals surface area (Å²) < 4.78 is 72.4. The zero-order chi connectivity index (χ0) is 14.8. The third-order valence-electron chi connectivity index (χ3n) is 1.98. The minimum atomic E-state index is -4.63. The van der Waals surface area contributed by atoms with Gasteiger partial charge in [-0.25, -0.2) is 8.42 Å². The normalized spacial score (nSPS) is 17.6. The molecule has 0 aromatic heterocycles. The molecule has 0 radical (unpaired) electrons. The third kappa shape index (κ3) is 7.45. The summed E-state index contributed by atoms with van der Waals surface area (Å²) in [5, 5.41) is 0. The molecule has 0 amide bonds. The minimum Gasteiger partial charge on any atom is -0.598 e. The van der Waals surface area contributed by atoms with Crippen LogP contribution in [0, 0.1) is 0 Å². The van der Waals surface area contributed by atoms with Crippen molar-refractivity contribution < 1.29 is 26.1 Å². The van der Waals surface area contributed by atoms with Crippen LogP contribution in [-0.4, -0.2) is 41.9 Å². The first-order valence-electron chi connectivity index (χ1n) is 5.16. The highest BCUT2D eigenvalue weighted by atomic mass is 32.2. The van der Waals surface area contributed by atoms with E-state index < -0.39 is 50.3 Å². The van der Waals surface area contributed by atoms with Gasteiger partial charge in [0.05, 0.1) is 5.75 Å². The Bertz CT molecular complexity index is 362. The van der Waals surface area contributed by atoms with Crippen molar-refractivity contribution in [1.29, 1.82) is 0 Å². The standard InChI is InChI=1S/C9H18F3NO3S2/c1-8(2,3)17(14)13-7(9(10,11)12)5-6-18(4,15)16/h7,13H,5-6H2,1-4H3. The van der Waals surface area contributed by atoms with Crippen molar-refractivity contribution in [2.45, 2.75) is 44.2 Å². The molecular formula is C9H18F3NO3S2. The predicted octanol–water partition coefficient (Wildman–Crippen LogP) is 1.40. The van der Waals surface area contributed by atoms with E-state index in [1.54, 1.807) is 0 Å². The maximum atomic E-state index is 12.7. The van der Waals surface area contributed by atoms with Crippen LogP contribution >= 0.6 is 0 Å². The molecule has 2 unspecified atom stereocenters. The molecule has 0 bridgehead atoms. The zero-order valence-electron chi connectivity index (χ0n) is 10.7. The second-order valence-corrected chi connectivity index (χ2v) is 9.27. The number of sulfone groups is 1. The van der Waals surface area contributed by atoms with Crippen LogP contribution in [-0.2, 0) is 21.2 Å². The van der Waals surface area contributed by atoms with Crippen molar-refractivity contribution >= 4 is 21.2 Å². The van der Waals surface area contributed by atoms with E-state index in [1.165, 1.54) is 20.8 Å². The molecule has 4 nitrogen and oxygen atoms in total. The van der Waals surface area contributed by atoms with Crippen molar-refractivity contribution in [1.82, 2.24) is 4.72 Å². The van der Waals surface area contributed by atoms with Crippen LogP contribution in [0.2, 0.25) is 0 Å². The summed E-state index contributed by atoms with van der Waals surface area (Å²) in [5.41, 5.74) is 0. The van der Waals surface area contributed by atoms with Crippen molar-refractivity contribution in [2.75, 3.05) is 12.0 Å². The quantitative estimate of drug-likeness (QED) is 0.780. The summed E-state index contributed by atoms with van der Waals surface area (Å²) >= 11 is -1.91. The molecule has 0 spiro atoms. The van der Waals surface area contributed by atoms with Crippen molar-refractivity contribution in [3.8, 4) is 0 Å². The molecule has 2 atom stereocenters. The second-order valence-electron chi connectivity index (χ2n) is 5.01. The molecule has 1 N–H and O–H groups in total. The SMILES string of the molecule is CC(C)(C)[S+]([O-])NC(CCS(C)(=O)=O)C(F)(F)F. The Labute approximate surface area is 109 Å². The highest BCUT2D eigenvalue weighted by molar-refractivity contribution is 7.91. The lowest BCUT2D eigenvalue weighted by atomic mass is 10.2. The fourth-order valence-corrected chi connectivity index (χ4v) is 2.45. The molecule has 9 heteroatoms. The van der Waals surface area contributed by atoms with Crippen LogP contribution in [0.25, 0.3) is 0 Å². The van der Waals surface area contributed by atoms with Gasteiger partial charge in [0.15, 0.2) is 0 Å². The van der Waals surface area contributed by atoms with Gasteiger partial charge in [0.2, 0.25) is 0 Å². The zero-order valence-corrected chi connectivity index (χ0v) is 12.3. The van der Waals surface area contributed by atoms with Crippen molar-refractivity contribution in [3.63, 3.8) is 0 Å². The molecule has 0 rings (SSSR count). The number of halogens is 3. The van der Waals surface area contributed by atoms with Gasteiger partial charge in [0.1, 0.15) is 20.6 Å². The molecule has 0 saturated carbocycles. The van der Waals surface area contributed by atoms with E-state index in [0.717, 1.165) is 6.26 Å². The van der Waals surface area contributed by atoms with Crippen molar-refractivity contribution in [3.05, 3.63) is 0 Å². The second kappa shape index (κ2) is 5.98. The van der Waals surface area contributed by atoms with E-state index in [9.17, 15) is 26.1 Å². The van der Waals surface area contributed by atoms with E-state index in [2.05, 4.69) is 0 Å². The summed E-state index contributed by atoms with van der Waals surface area (Å²) in [7, 11) is -3.49. The summed E-state index contributed by atoms with van der Waals surface area (Å²) in [6.45, 7) is 4.58. The Hall–Kier alpha value is 0.01000. The highest BCUT2D eigenvalue weighted by Gasteiger charge is 2.44. The van der Waals surface area contributed by atoms with Crippen LogP contribution < -0.4 is 4.72 Å². The Morgan fingerprint density at radius 1 is 1.28 bits per heavy atom. The maximum absolute atomic E-state index is 12.7. The van der Waals surface area contributed by atoms with Gasteiger partial charge in [-0.05, 0) is 27.2 Å². The number of hydrogen-bond acceptors (Lipinski definition) is 4. The molecule has 18 heavy (non-hydrogen) atoms. The topological polar surface area (TPSA) is 69.2 Å². The first-order valence-corrected chi connectivity index (χ1v) is 8.37. The molecule has 0 saturated heterocycles. The number of rotatable bonds is 5. The fraction of sp³-hybridized carbons (Fsp3) is 1.00. The molecule has 0 aliphatic heterocycles. The third-order valence-corrected chi connectivity index (χ3v) is 4.57. The van der Waals surface area contributed by atoms with E-state index >= 15 is 0 Å². The smallest absolute Gasteiger partial charge is 0.408 e. The molecule has 0 fully saturated rings. The highest BCUT2D eigenvalue weighted by Crippen LogP contribution is 2.25. The Morgan fingerprint density at radius 3 is 2.00 bits per heavy atom. The predicted molar refractivity (Wildman–Crippen MR) is 65.2 cm³/mol. The van der Waals surface area contributed by atoms with Gasteiger partial charge < -0.3 is 4.55 Å². The van der Waals surface area contributed by atoms with Gasteiger partial charge in [-0.1, -0.05) is 0 Å². The average molecular weight is 309 g/mol. The molecule has 0 aliphatic carbocycles. The summed E-state index contributed by atoms with van der Waals surface area (Å²) in [4.78, 5) is 0. The van der Waals surface area contributed by atoms with Gasteiger partial charge >= 0.3 is 6.18 Å². The summed E-state index contributed by atoms with van der Waals surface area (Å²) in [6, 6.07) is -2.09. The first kappa shape index (κ1) is 18.0. The van der Waals surface area contributed by atoms with Crippen LogP contribution in [0.3, 0.4) is 0 Å². The number of hydrogen-bond donors (Lipinski definition) is 1. The van der Waals surface area contributed by atoms with E-state index in [1.807, 2.05) is 4.72 Å². The lowest BCUT2D eigenvalue weighted by Crippen LogP contribution is -2.51. The molecule has 0 aromatic carbocycles. The number of nitrogens with one attached hydrogen (secondary N) is 1. The van der Waals surface area contributed by atoms with Gasteiger partial charge in [-0.3, -0.25) is 0 Å². The lowest BCUT2D eigenvalue weighted by molar-refractivity contribution is -0.151. The molecule has 0 aliphatic rings. The monoisotopic (exact) mass is 309 g/mol. The van der Waals surface area contributed by atoms with E-state index in [0.29, 0.717) is 0 Å². The largest absolute Gasteiger partial charge is 0.598 e. The van der Waals surface area contributed by atoms with E-state index in [-0.39, 0.29) is 0 Å². The number of alkyl halides is 3. The Kier molecular flexibility index (Phi) is 5.98. The minimum absolute atomic E-state index is 0.606.